The zero-order valence-corrected chi connectivity index (χ0v) is 19.5. The van der Waals surface area contributed by atoms with E-state index in [1.54, 1.807) is 11.0 Å². The first-order chi connectivity index (χ1) is 15.9. The third kappa shape index (κ3) is 4.30. The summed E-state index contributed by atoms with van der Waals surface area (Å²) in [4.78, 5) is 28.0. The van der Waals surface area contributed by atoms with Crippen LogP contribution in [0.3, 0.4) is 0 Å². The molecule has 0 aromatic heterocycles. The maximum atomic E-state index is 13.2. The van der Waals surface area contributed by atoms with Gasteiger partial charge in [0.2, 0.25) is 0 Å². The van der Waals surface area contributed by atoms with Crippen molar-refractivity contribution in [1.82, 2.24) is 4.90 Å². The largest absolute Gasteiger partial charge is 0.507 e. The molecule has 1 heterocycles. The zero-order chi connectivity index (χ0) is 23.5. The van der Waals surface area contributed by atoms with Crippen molar-refractivity contribution in [1.29, 1.82) is 0 Å². The summed E-state index contributed by atoms with van der Waals surface area (Å²) in [6.45, 7) is 6.86. The highest BCUT2D eigenvalue weighted by Gasteiger charge is 2.45. The molecule has 0 bridgehead atoms. The molecule has 0 radical (unpaired) electrons. The summed E-state index contributed by atoms with van der Waals surface area (Å²) in [5, 5.41) is 13.3. The SMILES string of the molecule is CCCCCN1C(=O)C(=O)/C(=C(\O)c2cccc3ccccc23)C1c1ccc(C(C)C)cc1. The number of Topliss-reactive ketones (excluding diaryl/α,β-unsaturated/α-hetero) is 1. The number of aliphatic hydroxyl groups excluding tert-OH is 1. The lowest BCUT2D eigenvalue weighted by molar-refractivity contribution is -0.139. The summed E-state index contributed by atoms with van der Waals surface area (Å²) in [7, 11) is 0. The third-order valence-electron chi connectivity index (χ3n) is 6.51. The van der Waals surface area contributed by atoms with E-state index in [0.29, 0.717) is 18.0 Å². The zero-order valence-electron chi connectivity index (χ0n) is 19.5. The van der Waals surface area contributed by atoms with Gasteiger partial charge in [0, 0.05) is 12.1 Å². The maximum Gasteiger partial charge on any atom is 0.295 e. The van der Waals surface area contributed by atoms with Gasteiger partial charge < -0.3 is 10.0 Å². The van der Waals surface area contributed by atoms with Gasteiger partial charge in [-0.2, -0.15) is 0 Å². The quantitative estimate of drug-likeness (QED) is 0.195. The number of carbonyl (C=O) groups excluding carboxylic acids is 2. The second-order valence-electron chi connectivity index (χ2n) is 9.05. The Balaban J connectivity index is 1.88. The molecular formula is C29H31NO3. The summed E-state index contributed by atoms with van der Waals surface area (Å²) in [5.41, 5.74) is 2.78. The Morgan fingerprint density at radius 1 is 0.939 bits per heavy atom. The molecule has 1 fully saturated rings. The molecule has 0 aliphatic carbocycles. The number of ketones is 1. The lowest BCUT2D eigenvalue weighted by Gasteiger charge is -2.25. The Morgan fingerprint density at radius 2 is 1.64 bits per heavy atom. The van der Waals surface area contributed by atoms with E-state index < -0.39 is 17.7 Å². The first-order valence-electron chi connectivity index (χ1n) is 11.8. The van der Waals surface area contributed by atoms with Gasteiger partial charge in [0.15, 0.2) is 0 Å². The monoisotopic (exact) mass is 441 g/mol. The van der Waals surface area contributed by atoms with Crippen molar-refractivity contribution in [3.05, 3.63) is 89.0 Å². The third-order valence-corrected chi connectivity index (χ3v) is 6.51. The number of fused-ring (bicyclic) bond motifs is 1. The van der Waals surface area contributed by atoms with Crippen LogP contribution in [0.2, 0.25) is 0 Å². The number of nitrogens with zero attached hydrogens (tertiary/aromatic N) is 1. The van der Waals surface area contributed by atoms with Crippen molar-refractivity contribution >= 4 is 28.2 Å². The van der Waals surface area contributed by atoms with Crippen LogP contribution in [0, 0.1) is 0 Å². The summed E-state index contributed by atoms with van der Waals surface area (Å²) in [5.74, 6) is -0.882. The second-order valence-corrected chi connectivity index (χ2v) is 9.05. The fourth-order valence-electron chi connectivity index (χ4n) is 4.63. The molecule has 1 amide bonds. The van der Waals surface area contributed by atoms with Crippen LogP contribution in [0.1, 0.15) is 68.7 Å². The van der Waals surface area contributed by atoms with Gasteiger partial charge in [0.05, 0.1) is 11.6 Å². The van der Waals surface area contributed by atoms with Crippen LogP contribution < -0.4 is 0 Å². The van der Waals surface area contributed by atoms with Gasteiger partial charge >= 0.3 is 0 Å². The molecule has 4 nitrogen and oxygen atoms in total. The minimum absolute atomic E-state index is 0.110. The van der Waals surface area contributed by atoms with Gasteiger partial charge in [-0.1, -0.05) is 100 Å². The first kappa shape index (κ1) is 22.8. The van der Waals surface area contributed by atoms with Crippen molar-refractivity contribution < 1.29 is 14.7 Å². The Morgan fingerprint density at radius 3 is 2.33 bits per heavy atom. The summed E-state index contributed by atoms with van der Waals surface area (Å²) in [6.07, 6.45) is 2.82. The molecule has 1 saturated heterocycles. The van der Waals surface area contributed by atoms with Crippen molar-refractivity contribution in [3.8, 4) is 0 Å². The highest BCUT2D eigenvalue weighted by molar-refractivity contribution is 6.46. The summed E-state index contributed by atoms with van der Waals surface area (Å²) in [6, 6.07) is 20.8. The summed E-state index contributed by atoms with van der Waals surface area (Å²) < 4.78 is 0. The second kappa shape index (κ2) is 9.62. The van der Waals surface area contributed by atoms with Gasteiger partial charge in [-0.25, -0.2) is 0 Å². The Kier molecular flexibility index (Phi) is 6.64. The lowest BCUT2D eigenvalue weighted by Crippen LogP contribution is -2.30. The highest BCUT2D eigenvalue weighted by Crippen LogP contribution is 2.41. The Labute approximate surface area is 195 Å². The molecule has 1 unspecified atom stereocenters. The Bertz CT molecular complexity index is 1200. The van der Waals surface area contributed by atoms with Gasteiger partial charge in [-0.3, -0.25) is 9.59 Å². The minimum atomic E-state index is -0.616. The molecule has 1 aliphatic rings. The molecule has 1 N–H and O–H groups in total. The predicted octanol–water partition coefficient (Wildman–Crippen LogP) is 6.58. The minimum Gasteiger partial charge on any atom is -0.507 e. The molecule has 33 heavy (non-hydrogen) atoms. The van der Waals surface area contributed by atoms with Crippen LogP contribution in [0.15, 0.2) is 72.3 Å². The predicted molar refractivity (Wildman–Crippen MR) is 133 cm³/mol. The molecule has 4 heteroatoms. The molecule has 3 aromatic rings. The standard InChI is InChI=1S/C29H31NO3/c1-4-5-8-18-30-26(22-16-14-20(15-17-22)19(2)3)25(28(32)29(30)33)27(31)24-13-9-11-21-10-6-7-12-23(21)24/h6-7,9-17,19,26,31H,4-5,8,18H2,1-3H3/b27-25-. The molecule has 0 spiro atoms. The van der Waals surface area contributed by atoms with Crippen molar-refractivity contribution in [3.63, 3.8) is 0 Å². The van der Waals surface area contributed by atoms with Crippen LogP contribution in [-0.2, 0) is 9.59 Å². The number of hydrogen-bond acceptors (Lipinski definition) is 3. The van der Waals surface area contributed by atoms with Crippen molar-refractivity contribution in [2.24, 2.45) is 0 Å². The van der Waals surface area contributed by atoms with E-state index in [2.05, 4.69) is 20.8 Å². The van der Waals surface area contributed by atoms with Gasteiger partial charge in [0.25, 0.3) is 11.7 Å². The summed E-state index contributed by atoms with van der Waals surface area (Å²) >= 11 is 0. The molecule has 170 valence electrons. The van der Waals surface area contributed by atoms with E-state index in [1.165, 1.54) is 5.56 Å². The van der Waals surface area contributed by atoms with Gasteiger partial charge in [-0.05, 0) is 34.2 Å². The van der Waals surface area contributed by atoms with Crippen LogP contribution in [0.5, 0.6) is 0 Å². The molecule has 0 saturated carbocycles. The fraction of sp³-hybridized carbons (Fsp3) is 0.310. The van der Waals surface area contributed by atoms with E-state index in [4.69, 9.17) is 0 Å². The van der Waals surface area contributed by atoms with E-state index in [-0.39, 0.29) is 11.3 Å². The van der Waals surface area contributed by atoms with Crippen LogP contribution in [-0.4, -0.2) is 28.2 Å². The number of carbonyl (C=O) groups is 2. The first-order valence-corrected chi connectivity index (χ1v) is 11.8. The average molecular weight is 442 g/mol. The molecular weight excluding hydrogens is 410 g/mol. The Hall–Kier alpha value is -3.40. The van der Waals surface area contributed by atoms with E-state index in [9.17, 15) is 14.7 Å². The van der Waals surface area contributed by atoms with Crippen molar-refractivity contribution in [2.45, 2.75) is 52.0 Å². The van der Waals surface area contributed by atoms with Crippen LogP contribution in [0.4, 0.5) is 0 Å². The number of aliphatic hydroxyl groups is 1. The lowest BCUT2D eigenvalue weighted by atomic mass is 9.92. The number of unbranched alkanes of at least 4 members (excludes halogenated alkanes) is 2. The molecule has 4 rings (SSSR count). The fourth-order valence-corrected chi connectivity index (χ4v) is 4.63. The van der Waals surface area contributed by atoms with Crippen LogP contribution in [0.25, 0.3) is 16.5 Å². The average Bonchev–Trinajstić information content (AvgIpc) is 3.08. The normalized spacial score (nSPS) is 17.9. The molecule has 1 atom stereocenters. The van der Waals surface area contributed by atoms with Gasteiger partial charge in [0.1, 0.15) is 5.76 Å². The van der Waals surface area contributed by atoms with Gasteiger partial charge in [-0.15, -0.1) is 0 Å². The van der Waals surface area contributed by atoms with E-state index >= 15 is 0 Å². The number of amides is 1. The van der Waals surface area contributed by atoms with Crippen molar-refractivity contribution in [2.75, 3.05) is 6.54 Å². The molecule has 1 aliphatic heterocycles. The van der Waals surface area contributed by atoms with Crippen LogP contribution >= 0.6 is 0 Å². The smallest absolute Gasteiger partial charge is 0.295 e. The topological polar surface area (TPSA) is 57.6 Å². The molecule has 3 aromatic carbocycles. The number of likely N-dealkylation sites (tertiary alicyclic amines) is 1. The maximum absolute atomic E-state index is 13.2. The number of hydrogen-bond donors (Lipinski definition) is 1. The van der Waals surface area contributed by atoms with E-state index in [1.807, 2.05) is 60.7 Å². The number of rotatable bonds is 7. The highest BCUT2D eigenvalue weighted by atomic mass is 16.3. The number of benzene rings is 3. The van der Waals surface area contributed by atoms with E-state index in [0.717, 1.165) is 35.6 Å².